The average molecular weight is 428 g/mol. The molecule has 0 radical (unpaired) electrons. The number of anilines is 1. The first kappa shape index (κ1) is 20.2. The van der Waals surface area contributed by atoms with Crippen LogP contribution in [0.15, 0.2) is 41.6 Å². The van der Waals surface area contributed by atoms with Gasteiger partial charge in [0, 0.05) is 12.5 Å². The molecule has 1 atom stereocenters. The molecule has 1 amide bonds. The van der Waals surface area contributed by atoms with Gasteiger partial charge in [-0.3, -0.25) is 9.69 Å². The van der Waals surface area contributed by atoms with E-state index in [0.717, 1.165) is 29.5 Å². The van der Waals surface area contributed by atoms with Gasteiger partial charge in [0.05, 0.1) is 11.3 Å². The van der Waals surface area contributed by atoms with Crippen LogP contribution in [-0.2, 0) is 4.79 Å². The number of halogens is 2. The first-order valence-corrected chi connectivity index (χ1v) is 10.3. The van der Waals surface area contributed by atoms with Gasteiger partial charge in [-0.25, -0.2) is 8.78 Å². The largest absolute Gasteiger partial charge is 0.447 e. The van der Waals surface area contributed by atoms with Crippen molar-refractivity contribution in [2.24, 2.45) is 0 Å². The number of nitrogens with zero attached hydrogens (tertiary/aromatic N) is 4. The van der Waals surface area contributed by atoms with E-state index >= 15 is 0 Å². The SMILES string of the molecule is CCSc1nnc2c(n1)O[C@H](c1cc(F)ccc1F)N(C(C)=O)c1ccc(C)cc1-2. The van der Waals surface area contributed by atoms with Crippen LogP contribution in [0.1, 0.15) is 31.2 Å². The summed E-state index contributed by atoms with van der Waals surface area (Å²) in [5.41, 5.74) is 2.17. The molecule has 0 saturated carbocycles. The molecule has 6 nitrogen and oxygen atoms in total. The predicted molar refractivity (Wildman–Crippen MR) is 109 cm³/mol. The van der Waals surface area contributed by atoms with Crippen molar-refractivity contribution in [1.29, 1.82) is 0 Å². The Bertz CT molecular complexity index is 1140. The molecule has 0 N–H and O–H groups in total. The zero-order chi connectivity index (χ0) is 21.4. The van der Waals surface area contributed by atoms with Gasteiger partial charge in [-0.05, 0) is 43.0 Å². The molecule has 0 fully saturated rings. The van der Waals surface area contributed by atoms with Crippen molar-refractivity contribution in [3.63, 3.8) is 0 Å². The molecule has 0 bridgehead atoms. The molecule has 30 heavy (non-hydrogen) atoms. The van der Waals surface area contributed by atoms with Gasteiger partial charge in [-0.15, -0.1) is 10.2 Å². The molecule has 9 heteroatoms. The molecular formula is C21H18F2N4O2S. The summed E-state index contributed by atoms with van der Waals surface area (Å²) in [5, 5.41) is 8.80. The maximum Gasteiger partial charge on any atom is 0.247 e. The highest BCUT2D eigenvalue weighted by molar-refractivity contribution is 7.99. The summed E-state index contributed by atoms with van der Waals surface area (Å²) in [6.07, 6.45) is -1.27. The number of aryl methyl sites for hydroxylation is 1. The highest BCUT2D eigenvalue weighted by Crippen LogP contribution is 2.44. The first-order valence-electron chi connectivity index (χ1n) is 9.29. The number of ether oxygens (including phenoxy) is 1. The Labute approximate surface area is 176 Å². The smallest absolute Gasteiger partial charge is 0.247 e. The molecule has 3 aromatic rings. The number of carbonyl (C=O) groups excluding carboxylic acids is 1. The molecule has 2 heterocycles. The van der Waals surface area contributed by atoms with E-state index in [1.54, 1.807) is 6.07 Å². The third-order valence-corrected chi connectivity index (χ3v) is 5.32. The van der Waals surface area contributed by atoms with Gasteiger partial charge >= 0.3 is 0 Å². The average Bonchev–Trinajstić information content (AvgIpc) is 2.84. The van der Waals surface area contributed by atoms with Crippen LogP contribution in [-0.4, -0.2) is 26.8 Å². The molecule has 1 aromatic heterocycles. The van der Waals surface area contributed by atoms with E-state index in [0.29, 0.717) is 22.1 Å². The predicted octanol–water partition coefficient (Wildman–Crippen LogP) is 4.68. The Hall–Kier alpha value is -3.07. The minimum atomic E-state index is -1.27. The van der Waals surface area contributed by atoms with Gasteiger partial charge in [0.1, 0.15) is 11.6 Å². The molecule has 0 aliphatic carbocycles. The number of benzene rings is 2. The van der Waals surface area contributed by atoms with Crippen LogP contribution >= 0.6 is 11.8 Å². The van der Waals surface area contributed by atoms with Crippen molar-refractivity contribution in [2.75, 3.05) is 10.7 Å². The van der Waals surface area contributed by atoms with Gasteiger partial charge in [0.2, 0.25) is 23.2 Å². The quantitative estimate of drug-likeness (QED) is 0.564. The fourth-order valence-corrected chi connectivity index (χ4v) is 3.82. The maximum atomic E-state index is 14.7. The third kappa shape index (κ3) is 3.60. The lowest BCUT2D eigenvalue weighted by Gasteiger charge is -2.30. The number of amides is 1. The molecule has 154 valence electrons. The van der Waals surface area contributed by atoms with Gasteiger partial charge in [-0.1, -0.05) is 30.3 Å². The normalized spacial score (nSPS) is 15.1. The number of hydrogen-bond acceptors (Lipinski definition) is 6. The van der Waals surface area contributed by atoms with E-state index in [1.807, 2.05) is 26.0 Å². The Morgan fingerprint density at radius 3 is 2.73 bits per heavy atom. The number of rotatable bonds is 3. The minimum absolute atomic E-state index is 0.102. The van der Waals surface area contributed by atoms with Crippen LogP contribution in [0.2, 0.25) is 0 Å². The summed E-state index contributed by atoms with van der Waals surface area (Å²) in [6, 6.07) is 8.42. The monoisotopic (exact) mass is 428 g/mol. The van der Waals surface area contributed by atoms with Gasteiger partial charge in [0.15, 0.2) is 5.69 Å². The lowest BCUT2D eigenvalue weighted by atomic mass is 10.0. The second-order valence-electron chi connectivity index (χ2n) is 6.73. The standard InChI is InChI=1S/C21H18F2N4O2S/c1-4-30-21-24-19-18(25-26-21)15-9-11(2)5-8-17(15)27(12(3)28)20(29-19)14-10-13(22)6-7-16(14)23/h5-10,20H,4H2,1-3H3/t20-/m1/s1. The zero-order valence-corrected chi connectivity index (χ0v) is 17.3. The van der Waals surface area contributed by atoms with E-state index < -0.39 is 23.8 Å². The summed E-state index contributed by atoms with van der Waals surface area (Å²) in [7, 11) is 0. The second kappa shape index (κ2) is 7.98. The summed E-state index contributed by atoms with van der Waals surface area (Å²) < 4.78 is 34.7. The third-order valence-electron chi connectivity index (χ3n) is 4.60. The van der Waals surface area contributed by atoms with Crippen molar-refractivity contribution in [2.45, 2.75) is 32.2 Å². The number of aromatic nitrogens is 3. The highest BCUT2D eigenvalue weighted by atomic mass is 32.2. The van der Waals surface area contributed by atoms with Crippen molar-refractivity contribution in [1.82, 2.24) is 15.2 Å². The molecular weight excluding hydrogens is 410 g/mol. The number of fused-ring (bicyclic) bond motifs is 3. The fourth-order valence-electron chi connectivity index (χ4n) is 3.31. The van der Waals surface area contributed by atoms with Crippen molar-refractivity contribution >= 4 is 23.4 Å². The fraction of sp³-hybridized carbons (Fsp3) is 0.238. The topological polar surface area (TPSA) is 68.2 Å². The number of hydrogen-bond donors (Lipinski definition) is 0. The molecule has 1 aliphatic rings. The second-order valence-corrected chi connectivity index (χ2v) is 7.96. The Morgan fingerprint density at radius 2 is 2.00 bits per heavy atom. The van der Waals surface area contributed by atoms with Gasteiger partial charge < -0.3 is 4.74 Å². The lowest BCUT2D eigenvalue weighted by Crippen LogP contribution is -2.36. The van der Waals surface area contributed by atoms with Crippen molar-refractivity contribution in [3.05, 3.63) is 59.2 Å². The van der Waals surface area contributed by atoms with E-state index in [9.17, 15) is 13.6 Å². The molecule has 4 rings (SSSR count). The number of carbonyl (C=O) groups is 1. The van der Waals surface area contributed by atoms with Gasteiger partial charge in [0.25, 0.3) is 0 Å². The van der Waals surface area contributed by atoms with Gasteiger partial charge in [-0.2, -0.15) is 4.98 Å². The molecule has 1 aliphatic heterocycles. The Balaban J connectivity index is 2.00. The van der Waals surface area contributed by atoms with Crippen LogP contribution in [0.5, 0.6) is 5.88 Å². The Kier molecular flexibility index (Phi) is 5.38. The number of thioether (sulfide) groups is 1. The molecule has 0 saturated heterocycles. The summed E-state index contributed by atoms with van der Waals surface area (Å²) in [5.74, 6) is -0.925. The maximum absolute atomic E-state index is 14.7. The van der Waals surface area contributed by atoms with Crippen LogP contribution in [0.3, 0.4) is 0 Å². The van der Waals surface area contributed by atoms with E-state index in [-0.39, 0.29) is 11.4 Å². The van der Waals surface area contributed by atoms with Crippen LogP contribution < -0.4 is 9.64 Å². The summed E-state index contributed by atoms with van der Waals surface area (Å²) in [6.45, 7) is 5.18. The zero-order valence-electron chi connectivity index (χ0n) is 16.5. The van der Waals surface area contributed by atoms with Crippen molar-refractivity contribution in [3.8, 4) is 17.1 Å². The summed E-state index contributed by atoms with van der Waals surface area (Å²) in [4.78, 5) is 18.4. The van der Waals surface area contributed by atoms with Crippen molar-refractivity contribution < 1.29 is 18.3 Å². The van der Waals surface area contributed by atoms with Crippen LogP contribution in [0, 0.1) is 18.6 Å². The molecule has 2 aromatic carbocycles. The lowest BCUT2D eigenvalue weighted by molar-refractivity contribution is -0.118. The Morgan fingerprint density at radius 1 is 1.20 bits per heavy atom. The molecule has 0 spiro atoms. The van der Waals surface area contributed by atoms with Crippen LogP contribution in [0.25, 0.3) is 11.3 Å². The molecule has 0 unspecified atom stereocenters. The summed E-state index contributed by atoms with van der Waals surface area (Å²) >= 11 is 1.37. The van der Waals surface area contributed by atoms with E-state index in [4.69, 9.17) is 4.74 Å². The first-order chi connectivity index (χ1) is 14.4. The highest BCUT2D eigenvalue weighted by Gasteiger charge is 2.36. The minimum Gasteiger partial charge on any atom is -0.447 e. The van der Waals surface area contributed by atoms with E-state index in [1.165, 1.54) is 23.6 Å². The van der Waals surface area contributed by atoms with Crippen LogP contribution in [0.4, 0.5) is 14.5 Å². The van der Waals surface area contributed by atoms with E-state index in [2.05, 4.69) is 15.2 Å².